The van der Waals surface area contributed by atoms with Gasteiger partial charge in [-0.15, -0.1) is 0 Å². The third-order valence-corrected chi connectivity index (χ3v) is 5.68. The van der Waals surface area contributed by atoms with Gasteiger partial charge in [-0.3, -0.25) is 9.59 Å². The number of nitrogens with one attached hydrogen (secondary N) is 2. The maximum atomic E-state index is 12.2. The maximum Gasteiger partial charge on any atom is 0.240 e. The van der Waals surface area contributed by atoms with Crippen LogP contribution in [0.2, 0.25) is 0 Å². The first-order valence-electron chi connectivity index (χ1n) is 12.8. The Kier molecular flexibility index (Phi) is 10.6. The van der Waals surface area contributed by atoms with Gasteiger partial charge in [0.15, 0.2) is 0 Å². The predicted molar refractivity (Wildman–Crippen MR) is 155 cm³/mol. The van der Waals surface area contributed by atoms with Crippen LogP contribution in [-0.2, 0) is 22.8 Å². The minimum absolute atomic E-state index is 0.0401. The number of nitrogens with zero attached hydrogens (tertiary/aromatic N) is 2. The Hall–Kier alpha value is -5.24. The Morgan fingerprint density at radius 1 is 0.550 bits per heavy atom. The van der Waals surface area contributed by atoms with E-state index in [1.165, 1.54) is 12.4 Å². The lowest BCUT2D eigenvalue weighted by Crippen LogP contribution is -2.22. The monoisotopic (exact) mass is 534 g/mol. The van der Waals surface area contributed by atoms with E-state index in [9.17, 15) is 9.59 Å². The molecule has 0 aromatic heterocycles. The molecule has 2 amide bonds. The van der Waals surface area contributed by atoms with Crippen molar-refractivity contribution in [3.8, 4) is 11.5 Å². The lowest BCUT2D eigenvalue weighted by molar-refractivity contribution is -0.126. The largest absolute Gasteiger partial charge is 0.488 e. The Balaban J connectivity index is 1.19. The first-order valence-corrected chi connectivity index (χ1v) is 12.8. The van der Waals surface area contributed by atoms with Gasteiger partial charge in [0.1, 0.15) is 24.7 Å². The van der Waals surface area contributed by atoms with E-state index in [4.69, 9.17) is 9.47 Å². The summed E-state index contributed by atoms with van der Waals surface area (Å²) in [5, 5.41) is 8.01. The summed E-state index contributed by atoms with van der Waals surface area (Å²) in [4.78, 5) is 24.3. The number of hydrogen-bond donors (Lipinski definition) is 2. The number of para-hydroxylation sites is 2. The van der Waals surface area contributed by atoms with Crippen LogP contribution in [0.3, 0.4) is 0 Å². The molecular weight excluding hydrogens is 504 g/mol. The van der Waals surface area contributed by atoms with Gasteiger partial charge in [-0.05, 0) is 35.4 Å². The number of carbonyl (C=O) groups is 2. The highest BCUT2D eigenvalue weighted by molar-refractivity contribution is 5.88. The zero-order valence-electron chi connectivity index (χ0n) is 21.9. The molecule has 8 heteroatoms. The van der Waals surface area contributed by atoms with Crippen molar-refractivity contribution in [3.05, 3.63) is 131 Å². The molecule has 0 aliphatic carbocycles. The van der Waals surface area contributed by atoms with Crippen LogP contribution in [0.1, 0.15) is 35.1 Å². The van der Waals surface area contributed by atoms with Gasteiger partial charge in [-0.1, -0.05) is 84.9 Å². The van der Waals surface area contributed by atoms with Crippen LogP contribution in [0.4, 0.5) is 0 Å². The zero-order valence-corrected chi connectivity index (χ0v) is 21.9. The smallest absolute Gasteiger partial charge is 0.240 e. The topological polar surface area (TPSA) is 101 Å². The van der Waals surface area contributed by atoms with Crippen molar-refractivity contribution in [2.75, 3.05) is 0 Å². The SMILES string of the molecule is O=C(CCC(=O)N/N=C/c1ccccc1OCc1ccccc1)N/N=C\c1ccccc1OCc1ccccc1. The van der Waals surface area contributed by atoms with E-state index in [0.29, 0.717) is 24.7 Å². The van der Waals surface area contributed by atoms with E-state index >= 15 is 0 Å². The fraction of sp³-hybridized carbons (Fsp3) is 0.125. The second-order valence-electron chi connectivity index (χ2n) is 8.71. The second-order valence-corrected chi connectivity index (χ2v) is 8.71. The summed E-state index contributed by atoms with van der Waals surface area (Å²) in [6, 6.07) is 34.5. The summed E-state index contributed by atoms with van der Waals surface area (Å²) >= 11 is 0. The van der Waals surface area contributed by atoms with Crippen molar-refractivity contribution in [1.29, 1.82) is 0 Å². The number of rotatable bonds is 13. The number of amides is 2. The molecule has 0 aliphatic heterocycles. The number of benzene rings is 4. The van der Waals surface area contributed by atoms with E-state index in [-0.39, 0.29) is 12.8 Å². The molecule has 4 aromatic carbocycles. The van der Waals surface area contributed by atoms with E-state index in [1.54, 1.807) is 0 Å². The van der Waals surface area contributed by atoms with Gasteiger partial charge in [0.25, 0.3) is 0 Å². The summed E-state index contributed by atoms with van der Waals surface area (Å²) < 4.78 is 11.8. The number of hydrazone groups is 2. The van der Waals surface area contributed by atoms with E-state index in [2.05, 4.69) is 21.1 Å². The minimum atomic E-state index is -0.391. The van der Waals surface area contributed by atoms with Gasteiger partial charge in [-0.2, -0.15) is 10.2 Å². The molecule has 0 bridgehead atoms. The standard InChI is InChI=1S/C32H30N4O4/c37-31(35-33-21-27-15-7-9-17-29(27)39-23-25-11-3-1-4-12-25)19-20-32(38)36-34-22-28-16-8-10-18-30(28)40-24-26-13-5-2-6-14-26/h1-18,21-22H,19-20,23-24H2,(H,35,37)(H,36,38)/b33-21-,34-22+. The normalized spacial score (nSPS) is 10.9. The Bertz CT molecular complexity index is 1330. The average Bonchev–Trinajstić information content (AvgIpc) is 3.00. The van der Waals surface area contributed by atoms with Gasteiger partial charge in [0, 0.05) is 24.0 Å². The Morgan fingerprint density at radius 3 is 1.35 bits per heavy atom. The summed E-state index contributed by atoms with van der Waals surface area (Å²) in [6.45, 7) is 0.837. The highest BCUT2D eigenvalue weighted by atomic mass is 16.5. The number of ether oxygens (including phenoxy) is 2. The molecule has 0 spiro atoms. The lowest BCUT2D eigenvalue weighted by Gasteiger charge is -2.09. The summed E-state index contributed by atoms with van der Waals surface area (Å²) in [5.41, 5.74) is 8.43. The van der Waals surface area contributed by atoms with Crippen molar-refractivity contribution < 1.29 is 19.1 Å². The molecule has 0 unspecified atom stereocenters. The first-order chi connectivity index (χ1) is 19.7. The number of carbonyl (C=O) groups excluding carboxylic acids is 2. The first kappa shape index (κ1) is 27.8. The van der Waals surface area contributed by atoms with Crippen molar-refractivity contribution >= 4 is 24.2 Å². The Morgan fingerprint density at radius 2 is 0.925 bits per heavy atom. The highest BCUT2D eigenvalue weighted by Crippen LogP contribution is 2.18. The second kappa shape index (κ2) is 15.2. The zero-order chi connectivity index (χ0) is 27.8. The van der Waals surface area contributed by atoms with Gasteiger partial charge in [0.05, 0.1) is 12.4 Å². The minimum Gasteiger partial charge on any atom is -0.488 e. The molecular formula is C32H30N4O4. The fourth-order valence-corrected chi connectivity index (χ4v) is 3.59. The molecule has 40 heavy (non-hydrogen) atoms. The maximum absolute atomic E-state index is 12.2. The van der Waals surface area contributed by atoms with E-state index in [0.717, 1.165) is 22.3 Å². The van der Waals surface area contributed by atoms with E-state index in [1.807, 2.05) is 109 Å². The van der Waals surface area contributed by atoms with Crippen molar-refractivity contribution in [1.82, 2.24) is 10.9 Å². The van der Waals surface area contributed by atoms with Crippen LogP contribution in [0.25, 0.3) is 0 Å². The molecule has 0 fully saturated rings. The third-order valence-electron chi connectivity index (χ3n) is 5.68. The van der Waals surface area contributed by atoms with Crippen LogP contribution in [0.15, 0.2) is 119 Å². The summed E-state index contributed by atoms with van der Waals surface area (Å²) in [5.74, 6) is 0.512. The molecule has 0 saturated heterocycles. The molecule has 202 valence electrons. The Labute approximate surface area is 233 Å². The van der Waals surface area contributed by atoms with Crippen molar-refractivity contribution in [2.45, 2.75) is 26.1 Å². The third kappa shape index (κ3) is 9.25. The van der Waals surface area contributed by atoms with Gasteiger partial charge in [-0.25, -0.2) is 10.9 Å². The van der Waals surface area contributed by atoms with E-state index < -0.39 is 11.8 Å². The van der Waals surface area contributed by atoms with Crippen molar-refractivity contribution in [3.63, 3.8) is 0 Å². The summed E-state index contributed by atoms with van der Waals surface area (Å²) in [7, 11) is 0. The van der Waals surface area contributed by atoms with Crippen LogP contribution >= 0.6 is 0 Å². The fourth-order valence-electron chi connectivity index (χ4n) is 3.59. The summed E-state index contributed by atoms with van der Waals surface area (Å²) in [6.07, 6.45) is 2.95. The molecule has 0 aliphatic rings. The van der Waals surface area contributed by atoms with Crippen LogP contribution in [0.5, 0.6) is 11.5 Å². The number of hydrogen-bond acceptors (Lipinski definition) is 6. The van der Waals surface area contributed by atoms with Crippen LogP contribution < -0.4 is 20.3 Å². The lowest BCUT2D eigenvalue weighted by atomic mass is 10.2. The van der Waals surface area contributed by atoms with Crippen molar-refractivity contribution in [2.24, 2.45) is 10.2 Å². The van der Waals surface area contributed by atoms with Gasteiger partial charge >= 0.3 is 0 Å². The molecule has 8 nitrogen and oxygen atoms in total. The molecule has 0 saturated carbocycles. The van der Waals surface area contributed by atoms with Crippen LogP contribution in [-0.4, -0.2) is 24.2 Å². The molecule has 0 atom stereocenters. The van der Waals surface area contributed by atoms with Gasteiger partial charge in [0.2, 0.25) is 11.8 Å². The molecule has 4 aromatic rings. The highest BCUT2D eigenvalue weighted by Gasteiger charge is 2.07. The molecule has 4 rings (SSSR count). The molecule has 0 radical (unpaired) electrons. The van der Waals surface area contributed by atoms with Crippen LogP contribution in [0, 0.1) is 0 Å². The predicted octanol–water partition coefficient (Wildman–Crippen LogP) is 5.23. The van der Waals surface area contributed by atoms with Gasteiger partial charge < -0.3 is 9.47 Å². The quantitative estimate of drug-likeness (QED) is 0.181. The molecule has 0 heterocycles. The average molecular weight is 535 g/mol. The molecule has 2 N–H and O–H groups in total.